The minimum atomic E-state index is -0.581. The third kappa shape index (κ3) is 2.75. The van der Waals surface area contributed by atoms with Gasteiger partial charge in [-0.3, -0.25) is 9.59 Å². The fraction of sp³-hybridized carbons (Fsp3) is 0.667. The third-order valence-electron chi connectivity index (χ3n) is 0.988. The maximum Gasteiger partial charge on any atom is 0.153 e. The molecule has 0 aromatic rings. The zero-order valence-corrected chi connectivity index (χ0v) is 7.06. The van der Waals surface area contributed by atoms with E-state index in [-0.39, 0.29) is 11.6 Å². The largest absolute Gasteiger partial charge is 0.298 e. The Labute approximate surface area is 62.8 Å². The molecule has 1 atom stereocenters. The molecule has 0 heterocycles. The smallest absolute Gasteiger partial charge is 0.153 e. The Kier molecular flexibility index (Phi) is 3.70. The Balaban J connectivity index is 3.88. The van der Waals surface area contributed by atoms with E-state index >= 15 is 0 Å². The lowest BCUT2D eigenvalue weighted by molar-refractivity contribution is -0.124. The standard InChI is InChI=1S/C6H9BrO2/c1-3-5(9)6(7)4(2)8/h6H,3H2,1-2H3. The van der Waals surface area contributed by atoms with Crippen LogP contribution in [0.15, 0.2) is 0 Å². The first kappa shape index (κ1) is 8.82. The van der Waals surface area contributed by atoms with E-state index in [2.05, 4.69) is 15.9 Å². The number of Topliss-reactive ketones (excluding diaryl/α,β-unsaturated/α-hetero) is 2. The molecule has 0 fully saturated rings. The maximum atomic E-state index is 10.7. The SMILES string of the molecule is CCC(=O)C(Br)C(C)=O. The molecule has 9 heavy (non-hydrogen) atoms. The molecular formula is C6H9BrO2. The molecule has 0 aromatic carbocycles. The Morgan fingerprint density at radius 1 is 1.56 bits per heavy atom. The van der Waals surface area contributed by atoms with Gasteiger partial charge in [0.05, 0.1) is 0 Å². The molecule has 0 radical (unpaired) electrons. The van der Waals surface area contributed by atoms with Gasteiger partial charge in [-0.1, -0.05) is 22.9 Å². The van der Waals surface area contributed by atoms with Crippen LogP contribution in [0.5, 0.6) is 0 Å². The average molecular weight is 193 g/mol. The molecule has 0 amide bonds. The van der Waals surface area contributed by atoms with E-state index in [1.807, 2.05) is 0 Å². The lowest BCUT2D eigenvalue weighted by Crippen LogP contribution is -2.20. The molecule has 1 unspecified atom stereocenters. The van der Waals surface area contributed by atoms with Crippen LogP contribution < -0.4 is 0 Å². The highest BCUT2D eigenvalue weighted by atomic mass is 79.9. The molecular weight excluding hydrogens is 184 g/mol. The zero-order chi connectivity index (χ0) is 7.44. The number of hydrogen-bond donors (Lipinski definition) is 0. The van der Waals surface area contributed by atoms with E-state index in [9.17, 15) is 9.59 Å². The summed E-state index contributed by atoms with van der Waals surface area (Å²) in [5.74, 6) is -0.177. The van der Waals surface area contributed by atoms with Gasteiger partial charge in [0, 0.05) is 6.42 Å². The molecule has 0 aliphatic carbocycles. The second-order valence-corrected chi connectivity index (χ2v) is 2.71. The first-order valence-electron chi connectivity index (χ1n) is 2.76. The number of ketones is 2. The number of carbonyl (C=O) groups excluding carboxylic acids is 2. The molecule has 0 saturated carbocycles. The van der Waals surface area contributed by atoms with Crippen LogP contribution in [-0.4, -0.2) is 16.4 Å². The normalized spacial score (nSPS) is 12.8. The average Bonchev–Trinajstić information content (AvgIpc) is 1.84. The van der Waals surface area contributed by atoms with Gasteiger partial charge in [-0.25, -0.2) is 0 Å². The summed E-state index contributed by atoms with van der Waals surface area (Å²) < 4.78 is 0. The molecule has 0 bridgehead atoms. The van der Waals surface area contributed by atoms with E-state index in [1.165, 1.54) is 6.92 Å². The second-order valence-electron chi connectivity index (χ2n) is 1.79. The maximum absolute atomic E-state index is 10.7. The third-order valence-corrected chi connectivity index (χ3v) is 2.14. The van der Waals surface area contributed by atoms with Crippen LogP contribution in [0.1, 0.15) is 20.3 Å². The summed E-state index contributed by atoms with van der Waals surface area (Å²) in [7, 11) is 0. The molecule has 0 spiro atoms. The van der Waals surface area contributed by atoms with Crippen LogP contribution in [0, 0.1) is 0 Å². The summed E-state index contributed by atoms with van der Waals surface area (Å²) in [6.07, 6.45) is 0.412. The highest BCUT2D eigenvalue weighted by Crippen LogP contribution is 2.03. The van der Waals surface area contributed by atoms with Crippen molar-refractivity contribution in [2.45, 2.75) is 25.1 Å². The summed E-state index contributed by atoms with van der Waals surface area (Å²) in [6.45, 7) is 3.13. The fourth-order valence-electron chi connectivity index (χ4n) is 0.406. The summed E-state index contributed by atoms with van der Waals surface area (Å²) in [6, 6.07) is 0. The summed E-state index contributed by atoms with van der Waals surface area (Å²) >= 11 is 2.97. The van der Waals surface area contributed by atoms with Crippen molar-refractivity contribution in [3.05, 3.63) is 0 Å². The van der Waals surface area contributed by atoms with E-state index in [0.29, 0.717) is 6.42 Å². The van der Waals surface area contributed by atoms with Gasteiger partial charge in [-0.05, 0) is 6.92 Å². The Bertz CT molecular complexity index is 131. The summed E-state index contributed by atoms with van der Waals surface area (Å²) in [5.41, 5.74) is 0. The minimum Gasteiger partial charge on any atom is -0.298 e. The van der Waals surface area contributed by atoms with Gasteiger partial charge >= 0.3 is 0 Å². The molecule has 0 aromatic heterocycles. The van der Waals surface area contributed by atoms with Crippen molar-refractivity contribution in [1.82, 2.24) is 0 Å². The quantitative estimate of drug-likeness (QED) is 0.500. The van der Waals surface area contributed by atoms with E-state index in [4.69, 9.17) is 0 Å². The van der Waals surface area contributed by atoms with Crippen LogP contribution in [-0.2, 0) is 9.59 Å². The second kappa shape index (κ2) is 3.77. The van der Waals surface area contributed by atoms with Gasteiger partial charge in [-0.15, -0.1) is 0 Å². The Morgan fingerprint density at radius 3 is 2.11 bits per heavy atom. The molecule has 0 rings (SSSR count). The fourth-order valence-corrected chi connectivity index (χ4v) is 0.730. The molecule has 0 aliphatic heterocycles. The van der Waals surface area contributed by atoms with Crippen molar-refractivity contribution in [2.75, 3.05) is 0 Å². The van der Waals surface area contributed by atoms with E-state index < -0.39 is 4.83 Å². The van der Waals surface area contributed by atoms with Crippen LogP contribution in [0.25, 0.3) is 0 Å². The van der Waals surface area contributed by atoms with Crippen molar-refractivity contribution >= 4 is 27.5 Å². The predicted octanol–water partition coefficient (Wildman–Crippen LogP) is 1.32. The molecule has 0 N–H and O–H groups in total. The van der Waals surface area contributed by atoms with Gasteiger partial charge < -0.3 is 0 Å². The number of halogens is 1. The summed E-state index contributed by atoms with van der Waals surface area (Å²) in [4.78, 5) is 20.6. The molecule has 0 saturated heterocycles. The van der Waals surface area contributed by atoms with E-state index in [0.717, 1.165) is 0 Å². The zero-order valence-electron chi connectivity index (χ0n) is 5.48. The number of carbonyl (C=O) groups is 2. The van der Waals surface area contributed by atoms with Crippen molar-refractivity contribution in [2.24, 2.45) is 0 Å². The first-order chi connectivity index (χ1) is 4.09. The Hall–Kier alpha value is -0.180. The van der Waals surface area contributed by atoms with Crippen LogP contribution >= 0.6 is 15.9 Å². The van der Waals surface area contributed by atoms with Gasteiger partial charge in [0.2, 0.25) is 0 Å². The lowest BCUT2D eigenvalue weighted by Gasteiger charge is -1.99. The predicted molar refractivity (Wildman–Crippen MR) is 38.7 cm³/mol. The number of rotatable bonds is 3. The first-order valence-corrected chi connectivity index (χ1v) is 3.68. The van der Waals surface area contributed by atoms with Crippen molar-refractivity contribution in [3.8, 4) is 0 Å². The van der Waals surface area contributed by atoms with Crippen molar-refractivity contribution in [1.29, 1.82) is 0 Å². The van der Waals surface area contributed by atoms with Gasteiger partial charge in [0.15, 0.2) is 11.6 Å². The lowest BCUT2D eigenvalue weighted by atomic mass is 10.2. The number of hydrogen-bond acceptors (Lipinski definition) is 2. The van der Waals surface area contributed by atoms with Gasteiger partial charge in [-0.2, -0.15) is 0 Å². The van der Waals surface area contributed by atoms with Gasteiger partial charge in [0.25, 0.3) is 0 Å². The molecule has 2 nitrogen and oxygen atoms in total. The highest BCUT2D eigenvalue weighted by Gasteiger charge is 2.16. The highest BCUT2D eigenvalue weighted by molar-refractivity contribution is 9.10. The monoisotopic (exact) mass is 192 g/mol. The Morgan fingerprint density at radius 2 is 2.00 bits per heavy atom. The van der Waals surface area contributed by atoms with Crippen molar-refractivity contribution in [3.63, 3.8) is 0 Å². The van der Waals surface area contributed by atoms with Crippen LogP contribution in [0.3, 0.4) is 0 Å². The van der Waals surface area contributed by atoms with Crippen LogP contribution in [0.2, 0.25) is 0 Å². The topological polar surface area (TPSA) is 34.1 Å². The van der Waals surface area contributed by atoms with E-state index in [1.54, 1.807) is 6.92 Å². The molecule has 52 valence electrons. The molecule has 3 heteroatoms. The van der Waals surface area contributed by atoms with Gasteiger partial charge in [0.1, 0.15) is 4.83 Å². The molecule has 0 aliphatic rings. The van der Waals surface area contributed by atoms with Crippen LogP contribution in [0.4, 0.5) is 0 Å². The minimum absolute atomic E-state index is 0.0532. The van der Waals surface area contributed by atoms with Crippen molar-refractivity contribution < 1.29 is 9.59 Å². The summed E-state index contributed by atoms with van der Waals surface area (Å²) in [5, 5.41) is 0. The number of alkyl halides is 1.